The molecule has 1 heterocycles. The van der Waals surface area contributed by atoms with Crippen molar-refractivity contribution in [3.8, 4) is 0 Å². The van der Waals surface area contributed by atoms with Gasteiger partial charge in [0.15, 0.2) is 0 Å². The standard InChI is InChI=1S/C12H24O6S/c1-3-5-7-15-9-12-11(16-8-6-4-2)10-17-19(13,14)18-12/h11-12H,3-10H2,1-2H3/t11-,12+/m1/s1. The van der Waals surface area contributed by atoms with E-state index >= 15 is 0 Å². The van der Waals surface area contributed by atoms with Crippen LogP contribution in [-0.4, -0.2) is 47.1 Å². The summed E-state index contributed by atoms with van der Waals surface area (Å²) in [6.07, 6.45) is 2.90. The van der Waals surface area contributed by atoms with Gasteiger partial charge in [-0.15, -0.1) is 0 Å². The third-order valence-electron chi connectivity index (χ3n) is 2.79. The highest BCUT2D eigenvalue weighted by Crippen LogP contribution is 2.18. The SMILES string of the molecule is CCCCOC[C@@H]1OS(=O)(=O)OC[C@H]1OCCCC. The molecule has 0 spiro atoms. The van der Waals surface area contributed by atoms with Crippen LogP contribution in [0.25, 0.3) is 0 Å². The highest BCUT2D eigenvalue weighted by atomic mass is 32.3. The van der Waals surface area contributed by atoms with Gasteiger partial charge in [-0.1, -0.05) is 26.7 Å². The third kappa shape index (κ3) is 6.67. The van der Waals surface area contributed by atoms with E-state index in [1.54, 1.807) is 0 Å². The van der Waals surface area contributed by atoms with E-state index in [-0.39, 0.29) is 13.2 Å². The van der Waals surface area contributed by atoms with E-state index in [4.69, 9.17) is 13.7 Å². The molecule has 114 valence electrons. The number of hydrogen-bond donors (Lipinski definition) is 0. The second kappa shape index (κ2) is 8.86. The topological polar surface area (TPSA) is 71.1 Å². The molecule has 6 nitrogen and oxygen atoms in total. The minimum Gasteiger partial charge on any atom is -0.379 e. The average molecular weight is 296 g/mol. The molecule has 1 rings (SSSR count). The molecule has 0 aliphatic carbocycles. The quantitative estimate of drug-likeness (QED) is 0.602. The Hall–Kier alpha value is -0.210. The van der Waals surface area contributed by atoms with E-state index in [9.17, 15) is 8.42 Å². The molecule has 0 radical (unpaired) electrons. The van der Waals surface area contributed by atoms with Crippen molar-refractivity contribution in [3.63, 3.8) is 0 Å². The summed E-state index contributed by atoms with van der Waals surface area (Å²) in [6.45, 7) is 5.49. The fraction of sp³-hybridized carbons (Fsp3) is 1.00. The van der Waals surface area contributed by atoms with E-state index in [1.165, 1.54) is 0 Å². The number of ether oxygens (including phenoxy) is 2. The molecule has 0 aromatic rings. The van der Waals surface area contributed by atoms with Crippen LogP contribution < -0.4 is 0 Å². The Morgan fingerprint density at radius 1 is 1.16 bits per heavy atom. The maximum absolute atomic E-state index is 11.3. The highest BCUT2D eigenvalue weighted by Gasteiger charge is 2.35. The zero-order valence-electron chi connectivity index (χ0n) is 11.7. The van der Waals surface area contributed by atoms with Crippen molar-refractivity contribution in [2.24, 2.45) is 0 Å². The summed E-state index contributed by atoms with van der Waals surface area (Å²) in [4.78, 5) is 0. The van der Waals surface area contributed by atoms with Crippen LogP contribution in [0.5, 0.6) is 0 Å². The molecule has 0 N–H and O–H groups in total. The van der Waals surface area contributed by atoms with Crippen LogP contribution in [0.15, 0.2) is 0 Å². The molecule has 19 heavy (non-hydrogen) atoms. The fourth-order valence-electron chi connectivity index (χ4n) is 1.61. The van der Waals surface area contributed by atoms with Gasteiger partial charge >= 0.3 is 10.4 Å². The number of rotatable bonds is 9. The van der Waals surface area contributed by atoms with Crippen molar-refractivity contribution < 1.29 is 26.3 Å². The summed E-state index contributed by atoms with van der Waals surface area (Å²) >= 11 is 0. The number of hydrogen-bond acceptors (Lipinski definition) is 6. The summed E-state index contributed by atoms with van der Waals surface area (Å²) in [5.74, 6) is 0. The highest BCUT2D eigenvalue weighted by molar-refractivity contribution is 7.81. The Morgan fingerprint density at radius 3 is 2.53 bits per heavy atom. The smallest absolute Gasteiger partial charge is 0.379 e. The Bertz CT molecular complexity index is 329. The van der Waals surface area contributed by atoms with Crippen LogP contribution >= 0.6 is 0 Å². The Kier molecular flexibility index (Phi) is 7.86. The van der Waals surface area contributed by atoms with Gasteiger partial charge in [0, 0.05) is 13.2 Å². The molecular formula is C12H24O6S. The molecule has 1 fully saturated rings. The van der Waals surface area contributed by atoms with Gasteiger partial charge in [-0.25, -0.2) is 8.37 Å². The first-order chi connectivity index (χ1) is 9.09. The molecule has 0 amide bonds. The van der Waals surface area contributed by atoms with Gasteiger partial charge in [0.25, 0.3) is 0 Å². The zero-order valence-corrected chi connectivity index (χ0v) is 12.5. The van der Waals surface area contributed by atoms with Crippen molar-refractivity contribution in [3.05, 3.63) is 0 Å². The maximum Gasteiger partial charge on any atom is 0.400 e. The molecule has 1 aliphatic heterocycles. The van der Waals surface area contributed by atoms with Crippen LogP contribution in [0.1, 0.15) is 39.5 Å². The van der Waals surface area contributed by atoms with Gasteiger partial charge in [-0.3, -0.25) is 0 Å². The van der Waals surface area contributed by atoms with Gasteiger partial charge in [0.2, 0.25) is 0 Å². The largest absolute Gasteiger partial charge is 0.400 e. The van der Waals surface area contributed by atoms with Crippen LogP contribution in [0, 0.1) is 0 Å². The monoisotopic (exact) mass is 296 g/mol. The molecule has 1 aliphatic rings. The van der Waals surface area contributed by atoms with Crippen LogP contribution in [0.2, 0.25) is 0 Å². The van der Waals surface area contributed by atoms with Crippen molar-refractivity contribution in [1.29, 1.82) is 0 Å². The zero-order chi connectivity index (χ0) is 14.1. The van der Waals surface area contributed by atoms with E-state index in [1.807, 2.05) is 0 Å². The molecule has 0 aromatic heterocycles. The Morgan fingerprint density at radius 2 is 1.84 bits per heavy atom. The first-order valence-corrected chi connectivity index (χ1v) is 8.19. The van der Waals surface area contributed by atoms with Gasteiger partial charge in [-0.05, 0) is 12.8 Å². The minimum absolute atomic E-state index is 0.00610. The second-order valence-electron chi connectivity index (χ2n) is 4.52. The normalized spacial score (nSPS) is 26.4. The minimum atomic E-state index is -3.90. The predicted molar refractivity (Wildman–Crippen MR) is 70.1 cm³/mol. The fourth-order valence-corrected chi connectivity index (χ4v) is 2.45. The molecule has 0 unspecified atom stereocenters. The van der Waals surface area contributed by atoms with Crippen LogP contribution in [0.3, 0.4) is 0 Å². The molecule has 0 bridgehead atoms. The van der Waals surface area contributed by atoms with Crippen LogP contribution in [0.4, 0.5) is 0 Å². The summed E-state index contributed by atoms with van der Waals surface area (Å²) in [5.41, 5.74) is 0. The first kappa shape index (κ1) is 16.8. The van der Waals surface area contributed by atoms with Gasteiger partial charge in [0.1, 0.15) is 12.2 Å². The van der Waals surface area contributed by atoms with Crippen molar-refractivity contribution in [2.75, 3.05) is 26.4 Å². The van der Waals surface area contributed by atoms with Gasteiger partial charge < -0.3 is 9.47 Å². The Labute approximate surface area is 115 Å². The summed E-state index contributed by atoms with van der Waals surface area (Å²) in [6, 6.07) is 0. The van der Waals surface area contributed by atoms with Crippen molar-refractivity contribution in [1.82, 2.24) is 0 Å². The summed E-state index contributed by atoms with van der Waals surface area (Å²) < 4.78 is 43.1. The lowest BCUT2D eigenvalue weighted by molar-refractivity contribution is -0.100. The van der Waals surface area contributed by atoms with E-state index in [0.717, 1.165) is 25.7 Å². The molecule has 7 heteroatoms. The maximum atomic E-state index is 11.3. The van der Waals surface area contributed by atoms with E-state index < -0.39 is 22.6 Å². The van der Waals surface area contributed by atoms with E-state index in [2.05, 4.69) is 18.0 Å². The predicted octanol–water partition coefficient (Wildman–Crippen LogP) is 1.65. The molecular weight excluding hydrogens is 272 g/mol. The molecule has 0 aromatic carbocycles. The number of unbranched alkanes of at least 4 members (excludes halogenated alkanes) is 2. The van der Waals surface area contributed by atoms with Gasteiger partial charge in [-0.2, -0.15) is 8.42 Å². The van der Waals surface area contributed by atoms with Gasteiger partial charge in [0.05, 0.1) is 13.2 Å². The molecule has 1 saturated heterocycles. The first-order valence-electron chi connectivity index (χ1n) is 6.86. The van der Waals surface area contributed by atoms with Crippen molar-refractivity contribution in [2.45, 2.75) is 51.7 Å². The van der Waals surface area contributed by atoms with Crippen LogP contribution in [-0.2, 0) is 28.2 Å². The lowest BCUT2D eigenvalue weighted by atomic mass is 10.2. The second-order valence-corrected chi connectivity index (χ2v) is 5.76. The van der Waals surface area contributed by atoms with Crippen molar-refractivity contribution >= 4 is 10.4 Å². The lowest BCUT2D eigenvalue weighted by Crippen LogP contribution is -2.45. The molecule has 0 saturated carbocycles. The van der Waals surface area contributed by atoms with E-state index in [0.29, 0.717) is 13.2 Å². The summed E-state index contributed by atoms with van der Waals surface area (Å²) in [7, 11) is -3.90. The third-order valence-corrected chi connectivity index (χ3v) is 3.69. The Balaban J connectivity index is 2.41. The average Bonchev–Trinajstić information content (AvgIpc) is 2.37. The lowest BCUT2D eigenvalue weighted by Gasteiger charge is -2.30. The summed E-state index contributed by atoms with van der Waals surface area (Å²) in [5, 5.41) is 0. The molecule has 2 atom stereocenters.